The largest absolute Gasteiger partial charge is 0.494 e. The Bertz CT molecular complexity index is 822. The van der Waals surface area contributed by atoms with E-state index < -0.39 is 5.97 Å². The van der Waals surface area contributed by atoms with Gasteiger partial charge in [0.15, 0.2) is 13.2 Å². The molecule has 0 fully saturated rings. The quantitative estimate of drug-likeness (QED) is 0.603. The second kappa shape index (κ2) is 10.5. The van der Waals surface area contributed by atoms with Gasteiger partial charge in [-0.2, -0.15) is 0 Å². The van der Waals surface area contributed by atoms with Crippen molar-refractivity contribution in [3.05, 3.63) is 58.7 Å². The number of hydrogen-bond acceptors (Lipinski definition) is 5. The smallest absolute Gasteiger partial charge is 0.344 e. The summed E-state index contributed by atoms with van der Waals surface area (Å²) in [6.07, 6.45) is 0. The first kappa shape index (κ1) is 22.3. The van der Waals surface area contributed by atoms with Crippen LogP contribution in [-0.2, 0) is 20.9 Å². The van der Waals surface area contributed by atoms with Crippen LogP contribution in [0.4, 0.5) is 0 Å². The summed E-state index contributed by atoms with van der Waals surface area (Å²) < 4.78 is 16.1. The van der Waals surface area contributed by atoms with Gasteiger partial charge >= 0.3 is 5.97 Å². The second-order valence-corrected chi connectivity index (χ2v) is 7.00. The molecule has 0 N–H and O–H groups in total. The lowest BCUT2D eigenvalue weighted by atomic mass is 10.1. The second-order valence-electron chi connectivity index (χ2n) is 7.00. The molecule has 6 nitrogen and oxygen atoms in total. The van der Waals surface area contributed by atoms with Crippen LogP contribution < -0.4 is 9.47 Å². The van der Waals surface area contributed by atoms with Crippen molar-refractivity contribution in [3.63, 3.8) is 0 Å². The Balaban J connectivity index is 1.78. The molecule has 0 heterocycles. The molecular formula is C23H29NO5. The third kappa shape index (κ3) is 6.82. The number of esters is 1. The predicted octanol–water partition coefficient (Wildman–Crippen LogP) is 3.59. The maximum Gasteiger partial charge on any atom is 0.344 e. The minimum absolute atomic E-state index is 0.235. The van der Waals surface area contributed by atoms with Crippen molar-refractivity contribution in [1.82, 2.24) is 4.90 Å². The number of aryl methyl sites for hydroxylation is 3. The van der Waals surface area contributed by atoms with Crippen LogP contribution >= 0.6 is 0 Å². The Morgan fingerprint density at radius 1 is 0.931 bits per heavy atom. The standard InChI is InChI=1S/C23H29NO5/c1-6-27-20-9-7-19(8-10-20)13-24(5)21(25)14-28-22(26)15-29-23-17(3)11-16(2)12-18(23)4/h7-12H,6,13-15H2,1-5H3. The lowest BCUT2D eigenvalue weighted by Gasteiger charge is -2.18. The average Bonchev–Trinajstić information content (AvgIpc) is 2.67. The van der Waals surface area contributed by atoms with Crippen LogP contribution in [0.25, 0.3) is 0 Å². The van der Waals surface area contributed by atoms with E-state index in [1.165, 1.54) is 4.90 Å². The molecule has 0 bridgehead atoms. The van der Waals surface area contributed by atoms with E-state index >= 15 is 0 Å². The van der Waals surface area contributed by atoms with Gasteiger partial charge in [-0.3, -0.25) is 4.79 Å². The summed E-state index contributed by atoms with van der Waals surface area (Å²) in [6, 6.07) is 11.5. The molecule has 0 radical (unpaired) electrons. The molecule has 0 aliphatic heterocycles. The average molecular weight is 399 g/mol. The van der Waals surface area contributed by atoms with E-state index in [2.05, 4.69) is 0 Å². The van der Waals surface area contributed by atoms with Gasteiger partial charge in [0.1, 0.15) is 11.5 Å². The van der Waals surface area contributed by atoms with E-state index in [4.69, 9.17) is 14.2 Å². The monoisotopic (exact) mass is 399 g/mol. The summed E-state index contributed by atoms with van der Waals surface area (Å²) in [6.45, 7) is 8.27. The van der Waals surface area contributed by atoms with Gasteiger partial charge in [-0.15, -0.1) is 0 Å². The fourth-order valence-corrected chi connectivity index (χ4v) is 3.04. The molecule has 0 unspecified atom stereocenters. The van der Waals surface area contributed by atoms with Crippen molar-refractivity contribution in [1.29, 1.82) is 0 Å². The van der Waals surface area contributed by atoms with Gasteiger partial charge in [0.2, 0.25) is 0 Å². The summed E-state index contributed by atoms with van der Waals surface area (Å²) >= 11 is 0. The van der Waals surface area contributed by atoms with E-state index in [1.807, 2.05) is 64.1 Å². The molecule has 0 saturated carbocycles. The maximum atomic E-state index is 12.2. The Morgan fingerprint density at radius 2 is 1.55 bits per heavy atom. The Morgan fingerprint density at radius 3 is 2.14 bits per heavy atom. The van der Waals surface area contributed by atoms with Gasteiger partial charge in [-0.25, -0.2) is 4.79 Å². The lowest BCUT2D eigenvalue weighted by Crippen LogP contribution is -2.31. The molecule has 0 saturated heterocycles. The highest BCUT2D eigenvalue weighted by Crippen LogP contribution is 2.24. The number of hydrogen-bond donors (Lipinski definition) is 0. The molecule has 1 amide bonds. The fraction of sp³-hybridized carbons (Fsp3) is 0.391. The van der Waals surface area contributed by atoms with Crippen molar-refractivity contribution in [2.45, 2.75) is 34.2 Å². The SMILES string of the molecule is CCOc1ccc(CN(C)C(=O)COC(=O)COc2c(C)cc(C)cc2C)cc1. The van der Waals surface area contributed by atoms with Crippen LogP contribution in [-0.4, -0.2) is 43.6 Å². The van der Waals surface area contributed by atoms with Gasteiger partial charge in [0.05, 0.1) is 6.61 Å². The summed E-state index contributed by atoms with van der Waals surface area (Å²) in [7, 11) is 1.67. The number of ether oxygens (including phenoxy) is 3. The topological polar surface area (TPSA) is 65.1 Å². The van der Waals surface area contributed by atoms with Gasteiger partial charge in [0, 0.05) is 13.6 Å². The van der Waals surface area contributed by atoms with Crippen molar-refractivity contribution in [3.8, 4) is 11.5 Å². The predicted molar refractivity (Wildman–Crippen MR) is 111 cm³/mol. The molecule has 156 valence electrons. The van der Waals surface area contributed by atoms with Crippen molar-refractivity contribution in [2.24, 2.45) is 0 Å². The Hall–Kier alpha value is -3.02. The number of benzene rings is 2. The first-order valence-electron chi connectivity index (χ1n) is 9.62. The van der Waals surface area contributed by atoms with E-state index in [0.717, 1.165) is 28.0 Å². The zero-order valence-corrected chi connectivity index (χ0v) is 17.8. The zero-order chi connectivity index (χ0) is 21.4. The van der Waals surface area contributed by atoms with Crippen LogP contribution in [0, 0.1) is 20.8 Å². The number of nitrogens with zero attached hydrogens (tertiary/aromatic N) is 1. The Kier molecular flexibility index (Phi) is 8.07. The zero-order valence-electron chi connectivity index (χ0n) is 17.8. The van der Waals surface area contributed by atoms with Gasteiger partial charge < -0.3 is 19.1 Å². The summed E-state index contributed by atoms with van der Waals surface area (Å²) in [4.78, 5) is 25.7. The van der Waals surface area contributed by atoms with Crippen LogP contribution in [0.1, 0.15) is 29.2 Å². The van der Waals surface area contributed by atoms with Crippen LogP contribution in [0.3, 0.4) is 0 Å². The normalized spacial score (nSPS) is 10.4. The Labute approximate surface area is 172 Å². The molecule has 0 aromatic heterocycles. The van der Waals surface area contributed by atoms with Gasteiger partial charge in [0.25, 0.3) is 5.91 Å². The van der Waals surface area contributed by atoms with E-state index in [9.17, 15) is 9.59 Å². The molecule has 0 spiro atoms. The number of amides is 1. The van der Waals surface area contributed by atoms with Crippen molar-refractivity contribution in [2.75, 3.05) is 26.9 Å². The summed E-state index contributed by atoms with van der Waals surface area (Å²) in [5.74, 6) is 0.604. The van der Waals surface area contributed by atoms with Crippen molar-refractivity contribution >= 4 is 11.9 Å². The van der Waals surface area contributed by atoms with E-state index in [1.54, 1.807) is 7.05 Å². The molecular weight excluding hydrogens is 370 g/mol. The lowest BCUT2D eigenvalue weighted by molar-refractivity contribution is -0.153. The number of likely N-dealkylation sites (N-methyl/N-ethyl adjacent to an activating group) is 1. The van der Waals surface area contributed by atoms with E-state index in [0.29, 0.717) is 18.9 Å². The van der Waals surface area contributed by atoms with Crippen molar-refractivity contribution < 1.29 is 23.8 Å². The third-order valence-corrected chi connectivity index (χ3v) is 4.38. The molecule has 0 atom stereocenters. The van der Waals surface area contributed by atoms with Gasteiger partial charge in [-0.05, 0) is 56.5 Å². The molecule has 2 aromatic carbocycles. The van der Waals surface area contributed by atoms with Crippen LogP contribution in [0.5, 0.6) is 11.5 Å². The molecule has 6 heteroatoms. The van der Waals surface area contributed by atoms with Crippen LogP contribution in [0.2, 0.25) is 0 Å². The minimum atomic E-state index is -0.577. The highest BCUT2D eigenvalue weighted by molar-refractivity contribution is 5.80. The maximum absolute atomic E-state index is 12.2. The molecule has 2 aromatic rings. The first-order valence-corrected chi connectivity index (χ1v) is 9.62. The molecule has 2 rings (SSSR count). The number of rotatable bonds is 9. The van der Waals surface area contributed by atoms with Gasteiger partial charge in [-0.1, -0.05) is 29.8 Å². The van der Waals surface area contributed by atoms with Crippen LogP contribution in [0.15, 0.2) is 36.4 Å². The fourth-order valence-electron chi connectivity index (χ4n) is 3.04. The highest BCUT2D eigenvalue weighted by atomic mass is 16.6. The summed E-state index contributed by atoms with van der Waals surface area (Å²) in [5, 5.41) is 0. The molecule has 0 aliphatic carbocycles. The minimum Gasteiger partial charge on any atom is -0.494 e. The summed E-state index contributed by atoms with van der Waals surface area (Å²) in [5.41, 5.74) is 4.02. The van der Waals surface area contributed by atoms with E-state index in [-0.39, 0.29) is 19.1 Å². The first-order chi connectivity index (χ1) is 13.8. The number of carbonyl (C=O) groups excluding carboxylic acids is 2. The number of carbonyl (C=O) groups is 2. The molecule has 0 aliphatic rings. The molecule has 29 heavy (non-hydrogen) atoms. The third-order valence-electron chi connectivity index (χ3n) is 4.38. The highest BCUT2D eigenvalue weighted by Gasteiger charge is 2.14.